The van der Waals surface area contributed by atoms with E-state index in [0.29, 0.717) is 21.6 Å². The average molecular weight is 412 g/mol. The minimum Gasteiger partial charge on any atom is -0.300 e. The van der Waals surface area contributed by atoms with Crippen molar-refractivity contribution >= 4 is 51.3 Å². The molecule has 0 saturated heterocycles. The molecule has 26 heavy (non-hydrogen) atoms. The van der Waals surface area contributed by atoms with Gasteiger partial charge < -0.3 is 5.32 Å². The second-order valence-electron chi connectivity index (χ2n) is 5.25. The fourth-order valence-electron chi connectivity index (χ4n) is 2.15. The van der Waals surface area contributed by atoms with Crippen molar-refractivity contribution in [1.82, 2.24) is 14.8 Å². The number of nitrogens with one attached hydrogen (secondary N) is 1. The van der Waals surface area contributed by atoms with Crippen LogP contribution in [-0.2, 0) is 17.8 Å². The Bertz CT molecular complexity index is 972. The van der Waals surface area contributed by atoms with Crippen LogP contribution in [0.4, 0.5) is 10.8 Å². The molecular formula is C15H11Cl2N5O3S. The monoisotopic (exact) mass is 411 g/mol. The Morgan fingerprint density at radius 3 is 2.88 bits per heavy atom. The Morgan fingerprint density at radius 1 is 1.35 bits per heavy atom. The number of amides is 1. The van der Waals surface area contributed by atoms with E-state index >= 15 is 0 Å². The summed E-state index contributed by atoms with van der Waals surface area (Å²) in [7, 11) is 0. The zero-order chi connectivity index (χ0) is 18.7. The number of nitrogens with zero attached hydrogens (tertiary/aromatic N) is 4. The number of aromatic nitrogens is 3. The number of nitro groups is 1. The fourth-order valence-corrected chi connectivity index (χ4v) is 3.38. The van der Waals surface area contributed by atoms with E-state index < -0.39 is 4.92 Å². The third-order valence-corrected chi connectivity index (χ3v) is 4.82. The zero-order valence-corrected chi connectivity index (χ0v) is 15.4. The van der Waals surface area contributed by atoms with Crippen LogP contribution in [0.15, 0.2) is 36.8 Å². The van der Waals surface area contributed by atoms with Crippen LogP contribution in [0.25, 0.3) is 0 Å². The lowest BCUT2D eigenvalue weighted by atomic mass is 10.1. The Hall–Kier alpha value is -2.49. The average Bonchev–Trinajstić information content (AvgIpc) is 3.20. The van der Waals surface area contributed by atoms with Gasteiger partial charge in [-0.05, 0) is 23.8 Å². The Balaban J connectivity index is 1.61. The van der Waals surface area contributed by atoms with Gasteiger partial charge in [0.2, 0.25) is 5.91 Å². The lowest BCUT2D eigenvalue weighted by molar-refractivity contribution is -0.385. The SMILES string of the molecule is O=C(Cn1cc([N+](=O)[O-])cn1)Nc1ncc(Cc2cc(Cl)ccc2Cl)s1. The second-order valence-corrected chi connectivity index (χ2v) is 7.20. The van der Waals surface area contributed by atoms with Crippen molar-refractivity contribution in [2.45, 2.75) is 13.0 Å². The first-order valence-corrected chi connectivity index (χ1v) is 8.83. The maximum absolute atomic E-state index is 12.0. The van der Waals surface area contributed by atoms with Gasteiger partial charge in [-0.1, -0.05) is 23.2 Å². The van der Waals surface area contributed by atoms with Gasteiger partial charge in [0.05, 0.1) is 4.92 Å². The molecule has 3 rings (SSSR count). The van der Waals surface area contributed by atoms with Crippen molar-refractivity contribution in [2.24, 2.45) is 0 Å². The minimum absolute atomic E-state index is 0.150. The summed E-state index contributed by atoms with van der Waals surface area (Å²) in [4.78, 5) is 27.1. The summed E-state index contributed by atoms with van der Waals surface area (Å²) in [5, 5.41) is 18.6. The summed E-state index contributed by atoms with van der Waals surface area (Å²) in [5.74, 6) is -0.385. The van der Waals surface area contributed by atoms with Crippen LogP contribution >= 0.6 is 34.5 Å². The van der Waals surface area contributed by atoms with Crippen LogP contribution in [0, 0.1) is 10.1 Å². The normalized spacial score (nSPS) is 10.7. The van der Waals surface area contributed by atoms with E-state index in [4.69, 9.17) is 23.2 Å². The van der Waals surface area contributed by atoms with Gasteiger partial charge in [-0.3, -0.25) is 19.6 Å². The van der Waals surface area contributed by atoms with Crippen molar-refractivity contribution in [3.63, 3.8) is 0 Å². The van der Waals surface area contributed by atoms with Gasteiger partial charge in [-0.15, -0.1) is 11.3 Å². The topological polar surface area (TPSA) is 103 Å². The van der Waals surface area contributed by atoms with E-state index in [1.54, 1.807) is 24.4 Å². The van der Waals surface area contributed by atoms with E-state index in [9.17, 15) is 14.9 Å². The predicted octanol–water partition coefficient (Wildman–Crippen LogP) is 3.78. The molecule has 1 amide bonds. The Kier molecular flexibility index (Phi) is 5.50. The van der Waals surface area contributed by atoms with Crippen LogP contribution in [0.2, 0.25) is 10.0 Å². The van der Waals surface area contributed by atoms with E-state index in [-0.39, 0.29) is 18.1 Å². The van der Waals surface area contributed by atoms with Crippen molar-refractivity contribution in [3.05, 3.63) is 67.4 Å². The molecule has 8 nitrogen and oxygen atoms in total. The van der Waals surface area contributed by atoms with Gasteiger partial charge in [-0.2, -0.15) is 5.10 Å². The molecule has 3 aromatic rings. The van der Waals surface area contributed by atoms with E-state index in [1.165, 1.54) is 22.2 Å². The number of carbonyl (C=O) groups excluding carboxylic acids is 1. The van der Waals surface area contributed by atoms with Crippen LogP contribution in [0.5, 0.6) is 0 Å². The zero-order valence-electron chi connectivity index (χ0n) is 13.1. The van der Waals surface area contributed by atoms with E-state index in [2.05, 4.69) is 15.4 Å². The molecule has 11 heteroatoms. The van der Waals surface area contributed by atoms with Crippen LogP contribution in [0.3, 0.4) is 0 Å². The van der Waals surface area contributed by atoms with Gasteiger partial charge in [-0.25, -0.2) is 4.98 Å². The molecule has 0 unspecified atom stereocenters. The molecule has 2 heterocycles. The molecule has 0 radical (unpaired) electrons. The summed E-state index contributed by atoms with van der Waals surface area (Å²) in [6, 6.07) is 5.23. The maximum atomic E-state index is 12.0. The van der Waals surface area contributed by atoms with Gasteiger partial charge in [0.25, 0.3) is 0 Å². The summed E-state index contributed by atoms with van der Waals surface area (Å²) < 4.78 is 1.19. The number of hydrogen-bond acceptors (Lipinski definition) is 6. The predicted molar refractivity (Wildman–Crippen MR) is 98.9 cm³/mol. The number of rotatable bonds is 6. The molecule has 1 N–H and O–H groups in total. The fraction of sp³-hybridized carbons (Fsp3) is 0.133. The van der Waals surface area contributed by atoms with E-state index in [1.807, 2.05) is 0 Å². The number of halogens is 2. The molecule has 0 spiro atoms. The maximum Gasteiger partial charge on any atom is 0.307 e. The molecule has 2 aromatic heterocycles. The van der Waals surface area contributed by atoms with Crippen LogP contribution < -0.4 is 5.32 Å². The molecule has 134 valence electrons. The standard InChI is InChI=1S/C15H11Cl2N5O3S/c16-10-1-2-13(17)9(3-10)4-12-6-18-15(26-12)20-14(23)8-21-7-11(5-19-21)22(24)25/h1-3,5-7H,4,8H2,(H,18,20,23). The Labute approximate surface area is 161 Å². The first kappa shape index (κ1) is 18.3. The Morgan fingerprint density at radius 2 is 2.15 bits per heavy atom. The number of anilines is 1. The molecule has 0 fully saturated rings. The number of benzene rings is 1. The van der Waals surface area contributed by atoms with Crippen LogP contribution in [0.1, 0.15) is 10.4 Å². The van der Waals surface area contributed by atoms with Crippen molar-refractivity contribution in [2.75, 3.05) is 5.32 Å². The van der Waals surface area contributed by atoms with Gasteiger partial charge in [0.15, 0.2) is 5.13 Å². The first-order valence-electron chi connectivity index (χ1n) is 7.26. The van der Waals surface area contributed by atoms with Crippen LogP contribution in [-0.4, -0.2) is 25.6 Å². The second kappa shape index (κ2) is 7.81. The summed E-state index contributed by atoms with van der Waals surface area (Å²) in [6.07, 6.45) is 4.46. The van der Waals surface area contributed by atoms with Gasteiger partial charge in [0.1, 0.15) is 18.9 Å². The number of hydrogen-bond donors (Lipinski definition) is 1. The molecule has 0 aliphatic heterocycles. The molecule has 1 aromatic carbocycles. The smallest absolute Gasteiger partial charge is 0.300 e. The van der Waals surface area contributed by atoms with E-state index in [0.717, 1.165) is 16.6 Å². The highest BCUT2D eigenvalue weighted by molar-refractivity contribution is 7.15. The third-order valence-electron chi connectivity index (χ3n) is 3.31. The van der Waals surface area contributed by atoms with Crippen molar-refractivity contribution in [3.8, 4) is 0 Å². The number of carbonyl (C=O) groups is 1. The third kappa shape index (κ3) is 4.57. The highest BCUT2D eigenvalue weighted by Crippen LogP contribution is 2.27. The van der Waals surface area contributed by atoms with Gasteiger partial charge in [0, 0.05) is 27.5 Å². The van der Waals surface area contributed by atoms with Crippen molar-refractivity contribution in [1.29, 1.82) is 0 Å². The lowest BCUT2D eigenvalue weighted by Gasteiger charge is -2.03. The molecule has 0 saturated carbocycles. The molecular weight excluding hydrogens is 401 g/mol. The lowest BCUT2D eigenvalue weighted by Crippen LogP contribution is -2.18. The first-order chi connectivity index (χ1) is 12.4. The molecule has 0 aliphatic carbocycles. The minimum atomic E-state index is -0.574. The summed E-state index contributed by atoms with van der Waals surface area (Å²) in [5.41, 5.74) is 0.692. The van der Waals surface area contributed by atoms with Crippen molar-refractivity contribution < 1.29 is 9.72 Å². The van der Waals surface area contributed by atoms with Gasteiger partial charge >= 0.3 is 5.69 Å². The molecule has 0 atom stereocenters. The largest absolute Gasteiger partial charge is 0.307 e. The highest BCUT2D eigenvalue weighted by atomic mass is 35.5. The molecule has 0 aliphatic rings. The molecule has 0 bridgehead atoms. The summed E-state index contributed by atoms with van der Waals surface area (Å²) in [6.45, 7) is -0.150. The quantitative estimate of drug-likeness (QED) is 0.490. The summed E-state index contributed by atoms with van der Waals surface area (Å²) >= 11 is 13.4. The highest BCUT2D eigenvalue weighted by Gasteiger charge is 2.13. The number of thiazole rings is 1.